The van der Waals surface area contributed by atoms with Gasteiger partial charge < -0.3 is 9.32 Å². The second-order valence-electron chi connectivity index (χ2n) is 6.89. The van der Waals surface area contributed by atoms with Crippen molar-refractivity contribution < 1.29 is 17.6 Å². The summed E-state index contributed by atoms with van der Waals surface area (Å²) < 4.78 is 28.5. The molecular formula is C21H22ClN3O4S. The van der Waals surface area contributed by atoms with Crippen LogP contribution >= 0.6 is 11.6 Å². The van der Waals surface area contributed by atoms with Crippen LogP contribution < -0.4 is 5.14 Å². The maximum Gasteiger partial charge on any atom is 0.238 e. The van der Waals surface area contributed by atoms with Crippen molar-refractivity contribution in [2.75, 3.05) is 7.05 Å². The molecule has 1 amide bonds. The minimum absolute atomic E-state index is 0.0330. The molecule has 1 aromatic heterocycles. The molecule has 0 saturated heterocycles. The van der Waals surface area contributed by atoms with Crippen LogP contribution in [0.5, 0.6) is 0 Å². The van der Waals surface area contributed by atoms with Crippen molar-refractivity contribution in [3.05, 3.63) is 71.2 Å². The molecule has 0 unspecified atom stereocenters. The number of halogens is 1. The van der Waals surface area contributed by atoms with E-state index in [0.717, 1.165) is 11.1 Å². The number of nitrogens with two attached hydrogens (primary N) is 1. The summed E-state index contributed by atoms with van der Waals surface area (Å²) >= 11 is 6.18. The Bertz CT molecular complexity index is 1140. The van der Waals surface area contributed by atoms with E-state index in [9.17, 15) is 13.2 Å². The van der Waals surface area contributed by atoms with Gasteiger partial charge in [0.15, 0.2) is 11.7 Å². The highest BCUT2D eigenvalue weighted by Crippen LogP contribution is 2.28. The number of primary sulfonamides is 1. The molecule has 1 atom stereocenters. The molecule has 0 aliphatic rings. The molecule has 3 rings (SSSR count). The lowest BCUT2D eigenvalue weighted by atomic mass is 10.1. The molecule has 9 heteroatoms. The molecule has 3 aromatic rings. The molecule has 0 saturated carbocycles. The van der Waals surface area contributed by atoms with Gasteiger partial charge in [0.2, 0.25) is 15.9 Å². The van der Waals surface area contributed by atoms with Gasteiger partial charge in [0.25, 0.3) is 0 Å². The number of benzene rings is 2. The van der Waals surface area contributed by atoms with E-state index in [0.29, 0.717) is 23.1 Å². The number of hydrogen-bond donors (Lipinski definition) is 1. The fourth-order valence-electron chi connectivity index (χ4n) is 2.98. The van der Waals surface area contributed by atoms with Crippen LogP contribution in [-0.2, 0) is 21.2 Å². The lowest BCUT2D eigenvalue weighted by Gasteiger charge is -2.25. The molecule has 2 N–H and O–H groups in total. The topological polar surface area (TPSA) is 106 Å². The van der Waals surface area contributed by atoms with Crippen LogP contribution in [0.4, 0.5) is 0 Å². The van der Waals surface area contributed by atoms with Crippen molar-refractivity contribution in [2.24, 2.45) is 5.14 Å². The molecule has 7 nitrogen and oxygen atoms in total. The van der Waals surface area contributed by atoms with E-state index >= 15 is 0 Å². The first-order chi connectivity index (χ1) is 14.2. The van der Waals surface area contributed by atoms with E-state index in [2.05, 4.69) is 4.98 Å². The minimum Gasteiger partial charge on any atom is -0.441 e. The third-order valence-electron chi connectivity index (χ3n) is 4.91. The van der Waals surface area contributed by atoms with Gasteiger partial charge in [-0.3, -0.25) is 4.79 Å². The Labute approximate surface area is 180 Å². The van der Waals surface area contributed by atoms with Gasteiger partial charge in [-0.05, 0) is 36.8 Å². The van der Waals surface area contributed by atoms with Gasteiger partial charge in [-0.1, -0.05) is 35.9 Å². The highest BCUT2D eigenvalue weighted by molar-refractivity contribution is 7.89. The molecule has 0 fully saturated rings. The number of carbonyl (C=O) groups excluding carboxylic acids is 1. The Morgan fingerprint density at radius 2 is 1.87 bits per heavy atom. The maximum absolute atomic E-state index is 12.6. The maximum atomic E-state index is 12.6. The number of oxazole rings is 1. The van der Waals surface area contributed by atoms with Crippen molar-refractivity contribution in [1.82, 2.24) is 9.88 Å². The fraction of sp³-hybridized carbons (Fsp3) is 0.238. The van der Waals surface area contributed by atoms with Crippen molar-refractivity contribution in [1.29, 1.82) is 0 Å². The number of rotatable bonds is 7. The van der Waals surface area contributed by atoms with Crippen LogP contribution in [0, 0.1) is 0 Å². The second kappa shape index (κ2) is 8.99. The first-order valence-corrected chi connectivity index (χ1v) is 11.2. The van der Waals surface area contributed by atoms with Crippen molar-refractivity contribution in [3.8, 4) is 11.3 Å². The van der Waals surface area contributed by atoms with Gasteiger partial charge >= 0.3 is 0 Å². The first kappa shape index (κ1) is 22.0. The van der Waals surface area contributed by atoms with Crippen molar-refractivity contribution >= 4 is 27.5 Å². The van der Waals surface area contributed by atoms with Crippen LogP contribution in [0.15, 0.2) is 64.0 Å². The van der Waals surface area contributed by atoms with Crippen LogP contribution in [0.3, 0.4) is 0 Å². The summed E-state index contributed by atoms with van der Waals surface area (Å²) in [6, 6.07) is 13.2. The van der Waals surface area contributed by atoms with Gasteiger partial charge in [-0.2, -0.15) is 0 Å². The summed E-state index contributed by atoms with van der Waals surface area (Å²) in [6.45, 7) is 1.87. The molecule has 158 valence electrons. The van der Waals surface area contributed by atoms with E-state index in [1.165, 1.54) is 12.1 Å². The minimum atomic E-state index is -3.75. The van der Waals surface area contributed by atoms with E-state index in [-0.39, 0.29) is 23.3 Å². The summed E-state index contributed by atoms with van der Waals surface area (Å²) in [6.07, 6.45) is 2.17. The van der Waals surface area contributed by atoms with Gasteiger partial charge in [-0.15, -0.1) is 0 Å². The lowest BCUT2D eigenvalue weighted by molar-refractivity contribution is -0.131. The van der Waals surface area contributed by atoms with E-state index in [1.807, 2.05) is 25.1 Å². The number of aromatic nitrogens is 1. The predicted octanol–water partition coefficient (Wildman–Crippen LogP) is 3.79. The number of amides is 1. The Morgan fingerprint density at radius 3 is 2.50 bits per heavy atom. The number of hydrogen-bond acceptors (Lipinski definition) is 5. The van der Waals surface area contributed by atoms with Gasteiger partial charge in [0, 0.05) is 25.5 Å². The lowest BCUT2D eigenvalue weighted by Crippen LogP contribution is -2.29. The summed E-state index contributed by atoms with van der Waals surface area (Å²) in [5.74, 6) is 0.923. The average Bonchev–Trinajstić information content (AvgIpc) is 3.19. The molecule has 0 aliphatic heterocycles. The zero-order valence-electron chi connectivity index (χ0n) is 16.6. The van der Waals surface area contributed by atoms with Crippen LogP contribution in [0.1, 0.15) is 30.8 Å². The highest BCUT2D eigenvalue weighted by Gasteiger charge is 2.19. The Hall–Kier alpha value is -2.68. The summed E-state index contributed by atoms with van der Waals surface area (Å²) in [4.78, 5) is 18.5. The summed E-state index contributed by atoms with van der Waals surface area (Å²) in [5.41, 5.74) is 1.55. The number of carbonyl (C=O) groups is 1. The number of nitrogens with zero attached hydrogens (tertiary/aromatic N) is 2. The van der Waals surface area contributed by atoms with Crippen molar-refractivity contribution in [2.45, 2.75) is 30.7 Å². The average molecular weight is 448 g/mol. The normalized spacial score (nSPS) is 12.5. The smallest absolute Gasteiger partial charge is 0.238 e. The predicted molar refractivity (Wildman–Crippen MR) is 114 cm³/mol. The van der Waals surface area contributed by atoms with Gasteiger partial charge in [-0.25, -0.2) is 18.5 Å². The molecule has 0 bridgehead atoms. The molecule has 30 heavy (non-hydrogen) atoms. The van der Waals surface area contributed by atoms with Crippen LogP contribution in [0.2, 0.25) is 5.02 Å². The van der Waals surface area contributed by atoms with E-state index < -0.39 is 10.0 Å². The third kappa shape index (κ3) is 5.08. The standard InChI is InChI=1S/C21H22ClN3O4S/c1-14(15-7-9-16(10-8-15)30(23,27)28)25(2)21(26)12-11-20-24-13-19(29-20)17-5-3-4-6-18(17)22/h3-10,13-14H,11-12H2,1-2H3,(H2,23,27,28)/t14-/m1/s1. The number of aryl methyl sites for hydroxylation is 1. The third-order valence-corrected chi connectivity index (χ3v) is 6.17. The van der Waals surface area contributed by atoms with E-state index in [4.69, 9.17) is 21.2 Å². The highest BCUT2D eigenvalue weighted by atomic mass is 35.5. The zero-order valence-corrected chi connectivity index (χ0v) is 18.2. The largest absolute Gasteiger partial charge is 0.441 e. The van der Waals surface area contributed by atoms with E-state index in [1.54, 1.807) is 36.3 Å². The Kier molecular flexibility index (Phi) is 6.60. The summed E-state index contributed by atoms with van der Waals surface area (Å²) in [5, 5.41) is 5.69. The summed E-state index contributed by atoms with van der Waals surface area (Å²) in [7, 11) is -2.05. The monoisotopic (exact) mass is 447 g/mol. The van der Waals surface area contributed by atoms with Crippen molar-refractivity contribution in [3.63, 3.8) is 0 Å². The zero-order chi connectivity index (χ0) is 21.9. The number of sulfonamides is 1. The quantitative estimate of drug-likeness (QED) is 0.592. The van der Waals surface area contributed by atoms with Gasteiger partial charge in [0.05, 0.1) is 22.2 Å². The molecular weight excluding hydrogens is 426 g/mol. The Morgan fingerprint density at radius 1 is 1.20 bits per heavy atom. The Balaban J connectivity index is 1.61. The van der Waals surface area contributed by atoms with Crippen LogP contribution in [-0.4, -0.2) is 31.3 Å². The SMILES string of the molecule is C[C@H](c1ccc(S(N)(=O)=O)cc1)N(C)C(=O)CCc1ncc(-c2ccccc2Cl)o1. The second-order valence-corrected chi connectivity index (χ2v) is 8.86. The molecule has 0 aliphatic carbocycles. The molecule has 1 heterocycles. The fourth-order valence-corrected chi connectivity index (χ4v) is 3.72. The molecule has 0 spiro atoms. The van der Waals surface area contributed by atoms with Gasteiger partial charge in [0.1, 0.15) is 0 Å². The van der Waals surface area contributed by atoms with Crippen LogP contribution in [0.25, 0.3) is 11.3 Å². The first-order valence-electron chi connectivity index (χ1n) is 9.25. The molecule has 2 aromatic carbocycles. The molecule has 0 radical (unpaired) electrons.